The van der Waals surface area contributed by atoms with Crippen LogP contribution in [0.25, 0.3) is 5.65 Å². The molecule has 8 nitrogen and oxygen atoms in total. The van der Waals surface area contributed by atoms with Gasteiger partial charge < -0.3 is 14.7 Å². The quantitative estimate of drug-likeness (QED) is 0.802. The Hall–Kier alpha value is -1.77. The Morgan fingerprint density at radius 3 is 2.77 bits per heavy atom. The molecule has 0 radical (unpaired) electrons. The van der Waals surface area contributed by atoms with Crippen molar-refractivity contribution in [3.63, 3.8) is 0 Å². The van der Waals surface area contributed by atoms with E-state index in [0.717, 1.165) is 43.5 Å². The van der Waals surface area contributed by atoms with E-state index in [9.17, 15) is 5.11 Å². The molecular weight excluding hydrogens is 284 g/mol. The summed E-state index contributed by atoms with van der Waals surface area (Å²) in [5.41, 5.74) is 0.771. The molecular formula is C14H22N6O2. The number of hydrogen-bond donors (Lipinski definition) is 1. The fraction of sp³-hybridized carbons (Fsp3) is 0.643. The first-order chi connectivity index (χ1) is 10.7. The van der Waals surface area contributed by atoms with Gasteiger partial charge in [0.1, 0.15) is 5.82 Å². The molecule has 0 unspecified atom stereocenters. The van der Waals surface area contributed by atoms with Crippen molar-refractivity contribution in [3.8, 4) is 0 Å². The number of nitrogens with zero attached hydrogens (tertiary/aromatic N) is 6. The summed E-state index contributed by atoms with van der Waals surface area (Å²) >= 11 is 0. The summed E-state index contributed by atoms with van der Waals surface area (Å²) < 4.78 is 6.82. The Morgan fingerprint density at radius 2 is 2.05 bits per heavy atom. The molecule has 3 rings (SSSR count). The van der Waals surface area contributed by atoms with Crippen molar-refractivity contribution in [1.82, 2.24) is 24.5 Å². The van der Waals surface area contributed by atoms with Gasteiger partial charge in [-0.25, -0.2) is 4.98 Å². The maximum absolute atomic E-state index is 9.82. The molecule has 1 atom stereocenters. The lowest BCUT2D eigenvalue weighted by Crippen LogP contribution is -2.49. The lowest BCUT2D eigenvalue weighted by atomic mass is 10.2. The van der Waals surface area contributed by atoms with Crippen LogP contribution in [0.3, 0.4) is 0 Å². The summed E-state index contributed by atoms with van der Waals surface area (Å²) in [7, 11) is 1.61. The van der Waals surface area contributed by atoms with Crippen LogP contribution >= 0.6 is 0 Å². The van der Waals surface area contributed by atoms with E-state index < -0.39 is 6.10 Å². The molecule has 0 spiro atoms. The van der Waals surface area contributed by atoms with E-state index in [4.69, 9.17) is 4.74 Å². The zero-order chi connectivity index (χ0) is 15.5. The number of rotatable bonds is 5. The third kappa shape index (κ3) is 3.18. The Morgan fingerprint density at radius 1 is 1.27 bits per heavy atom. The van der Waals surface area contributed by atoms with Gasteiger partial charge in [-0.2, -0.15) is 4.52 Å². The number of fused-ring (bicyclic) bond motifs is 1. The van der Waals surface area contributed by atoms with Gasteiger partial charge in [0.25, 0.3) is 0 Å². The molecule has 0 aliphatic carbocycles. The van der Waals surface area contributed by atoms with Crippen molar-refractivity contribution in [2.45, 2.75) is 13.0 Å². The minimum atomic E-state index is -0.431. The normalized spacial score (nSPS) is 18.0. The summed E-state index contributed by atoms with van der Waals surface area (Å²) in [6.45, 7) is 6.44. The van der Waals surface area contributed by atoms with Crippen LogP contribution in [0.4, 0.5) is 5.82 Å². The molecule has 0 amide bonds. The van der Waals surface area contributed by atoms with Crippen molar-refractivity contribution < 1.29 is 9.84 Å². The van der Waals surface area contributed by atoms with Crippen molar-refractivity contribution in [2.75, 3.05) is 51.3 Å². The van der Waals surface area contributed by atoms with Crippen LogP contribution in [-0.4, -0.2) is 82.1 Å². The highest BCUT2D eigenvalue weighted by molar-refractivity contribution is 5.47. The lowest BCUT2D eigenvalue weighted by molar-refractivity contribution is 0.0364. The molecule has 0 aromatic carbocycles. The second-order valence-electron chi connectivity index (χ2n) is 5.59. The second-order valence-corrected chi connectivity index (χ2v) is 5.59. The molecule has 1 aliphatic heterocycles. The first-order valence-corrected chi connectivity index (χ1v) is 7.49. The van der Waals surface area contributed by atoms with E-state index in [1.54, 1.807) is 13.3 Å². The van der Waals surface area contributed by atoms with Gasteiger partial charge in [-0.05, 0) is 6.92 Å². The topological polar surface area (TPSA) is 79.0 Å². The predicted octanol–water partition coefficient (Wildman–Crippen LogP) is -0.438. The van der Waals surface area contributed by atoms with Crippen molar-refractivity contribution in [2.24, 2.45) is 0 Å². The van der Waals surface area contributed by atoms with Crippen LogP contribution < -0.4 is 4.90 Å². The van der Waals surface area contributed by atoms with Gasteiger partial charge in [0.2, 0.25) is 0 Å². The van der Waals surface area contributed by atoms with Crippen LogP contribution in [0.2, 0.25) is 0 Å². The summed E-state index contributed by atoms with van der Waals surface area (Å²) in [5, 5.41) is 14.2. The molecule has 22 heavy (non-hydrogen) atoms. The monoisotopic (exact) mass is 306 g/mol. The summed E-state index contributed by atoms with van der Waals surface area (Å²) in [6.07, 6.45) is 3.12. The number of methoxy groups -OCH3 is 1. The van der Waals surface area contributed by atoms with E-state index >= 15 is 0 Å². The van der Waals surface area contributed by atoms with Gasteiger partial charge in [-0.1, -0.05) is 0 Å². The molecule has 2 aromatic rings. The van der Waals surface area contributed by atoms with Gasteiger partial charge >= 0.3 is 0 Å². The van der Waals surface area contributed by atoms with E-state index in [1.165, 1.54) is 0 Å². The van der Waals surface area contributed by atoms with Crippen molar-refractivity contribution >= 4 is 11.5 Å². The highest BCUT2D eigenvalue weighted by atomic mass is 16.5. The van der Waals surface area contributed by atoms with E-state index in [0.29, 0.717) is 13.2 Å². The molecule has 8 heteroatoms. The second kappa shape index (κ2) is 6.55. The Kier molecular flexibility index (Phi) is 4.51. The number of hydrogen-bond acceptors (Lipinski definition) is 7. The smallest absolute Gasteiger partial charge is 0.176 e. The molecule has 1 N–H and O–H groups in total. The maximum atomic E-state index is 9.82. The first-order valence-electron chi connectivity index (χ1n) is 7.49. The van der Waals surface area contributed by atoms with Crippen LogP contribution in [-0.2, 0) is 4.74 Å². The third-order valence-corrected chi connectivity index (χ3v) is 3.86. The summed E-state index contributed by atoms with van der Waals surface area (Å²) in [6, 6.07) is 0. The third-order valence-electron chi connectivity index (χ3n) is 3.86. The fourth-order valence-corrected chi connectivity index (χ4v) is 2.83. The molecule has 1 aliphatic rings. The maximum Gasteiger partial charge on any atom is 0.176 e. The number of aliphatic hydroxyl groups is 1. The van der Waals surface area contributed by atoms with E-state index in [2.05, 4.69) is 24.9 Å². The largest absolute Gasteiger partial charge is 0.389 e. The molecule has 3 heterocycles. The minimum Gasteiger partial charge on any atom is -0.389 e. The van der Waals surface area contributed by atoms with Crippen LogP contribution in [0, 0.1) is 6.92 Å². The number of aliphatic hydroxyl groups excluding tert-OH is 1. The van der Waals surface area contributed by atoms with Crippen molar-refractivity contribution in [3.05, 3.63) is 18.2 Å². The number of ether oxygens (including phenoxy) is 1. The number of aromatic nitrogens is 4. The number of piperazine rings is 1. The van der Waals surface area contributed by atoms with Crippen molar-refractivity contribution in [1.29, 1.82) is 0 Å². The SMILES string of the molecule is COC[C@H](O)CN1CCN(c2cncc3nc(C)nn23)CC1. The van der Waals surface area contributed by atoms with Crippen LogP contribution in [0.1, 0.15) is 5.82 Å². The molecule has 1 fully saturated rings. The zero-order valence-corrected chi connectivity index (χ0v) is 13.0. The highest BCUT2D eigenvalue weighted by Crippen LogP contribution is 2.16. The van der Waals surface area contributed by atoms with Gasteiger partial charge in [-0.15, -0.1) is 5.10 Å². The molecule has 120 valence electrons. The van der Waals surface area contributed by atoms with Crippen LogP contribution in [0.5, 0.6) is 0 Å². The van der Waals surface area contributed by atoms with E-state index in [-0.39, 0.29) is 0 Å². The summed E-state index contributed by atoms with van der Waals surface area (Å²) in [5.74, 6) is 1.71. The van der Waals surface area contributed by atoms with Gasteiger partial charge in [0.05, 0.1) is 25.1 Å². The molecule has 0 bridgehead atoms. The first kappa shape index (κ1) is 15.1. The zero-order valence-electron chi connectivity index (χ0n) is 13.0. The van der Waals surface area contributed by atoms with Gasteiger partial charge in [0, 0.05) is 39.8 Å². The standard InChI is InChI=1S/C14H22N6O2/c1-11-16-13-7-15-8-14(20(13)17-11)19-5-3-18(4-6-19)9-12(21)10-22-2/h7-8,12,21H,3-6,9-10H2,1-2H3/t12-/m1/s1. The Balaban J connectivity index is 1.65. The number of anilines is 1. The van der Waals surface area contributed by atoms with Crippen LogP contribution in [0.15, 0.2) is 12.4 Å². The highest BCUT2D eigenvalue weighted by Gasteiger charge is 2.21. The average molecular weight is 306 g/mol. The number of β-amino-alcohol motifs (C(OH)–C–C–N with tert-alkyl or cyclic N) is 1. The molecule has 1 saturated heterocycles. The predicted molar refractivity (Wildman–Crippen MR) is 82.1 cm³/mol. The summed E-state index contributed by atoms with van der Waals surface area (Å²) in [4.78, 5) is 13.1. The lowest BCUT2D eigenvalue weighted by Gasteiger charge is -2.36. The van der Waals surface area contributed by atoms with Gasteiger partial charge in [0.15, 0.2) is 11.5 Å². The molecule has 0 saturated carbocycles. The average Bonchev–Trinajstić information content (AvgIpc) is 2.88. The minimum absolute atomic E-state index is 0.377. The fourth-order valence-electron chi connectivity index (χ4n) is 2.83. The Labute approximate surface area is 129 Å². The number of aryl methyl sites for hydroxylation is 1. The molecule has 2 aromatic heterocycles. The Bertz CT molecular complexity index is 623. The van der Waals surface area contributed by atoms with Gasteiger partial charge in [-0.3, -0.25) is 9.88 Å². The van der Waals surface area contributed by atoms with E-state index in [1.807, 2.05) is 17.6 Å².